The molecule has 4 heteroatoms. The van der Waals surface area contributed by atoms with Gasteiger partial charge >= 0.3 is 5.97 Å². The zero-order valence-electron chi connectivity index (χ0n) is 8.78. The summed E-state index contributed by atoms with van der Waals surface area (Å²) < 4.78 is 16.1. The van der Waals surface area contributed by atoms with Crippen LogP contribution in [-0.2, 0) is 19.0 Å². The van der Waals surface area contributed by atoms with Crippen molar-refractivity contribution in [1.29, 1.82) is 0 Å². The van der Waals surface area contributed by atoms with Crippen LogP contribution in [0.5, 0.6) is 0 Å². The highest BCUT2D eigenvalue weighted by Crippen LogP contribution is 2.40. The molecule has 4 nitrogen and oxygen atoms in total. The molecule has 0 N–H and O–H groups in total. The SMILES string of the molecule is COC1(C)C[C@H]2C(=O)O[C@H](C)C[C@H]2O1. The smallest absolute Gasteiger partial charge is 0.312 e. The Morgan fingerprint density at radius 2 is 2.29 bits per heavy atom. The summed E-state index contributed by atoms with van der Waals surface area (Å²) in [5.74, 6) is -0.899. The number of fused-ring (bicyclic) bond motifs is 1. The van der Waals surface area contributed by atoms with Crippen molar-refractivity contribution in [3.8, 4) is 0 Å². The van der Waals surface area contributed by atoms with Gasteiger partial charge in [-0.25, -0.2) is 0 Å². The van der Waals surface area contributed by atoms with E-state index >= 15 is 0 Å². The summed E-state index contributed by atoms with van der Waals surface area (Å²) in [6, 6.07) is 0. The van der Waals surface area contributed by atoms with Crippen molar-refractivity contribution < 1.29 is 19.0 Å². The van der Waals surface area contributed by atoms with Crippen LogP contribution >= 0.6 is 0 Å². The molecule has 2 fully saturated rings. The zero-order valence-corrected chi connectivity index (χ0v) is 8.78. The van der Waals surface area contributed by atoms with Gasteiger partial charge in [0.25, 0.3) is 0 Å². The highest BCUT2D eigenvalue weighted by atomic mass is 16.7. The van der Waals surface area contributed by atoms with Gasteiger partial charge in [0.1, 0.15) is 6.10 Å². The maximum atomic E-state index is 11.5. The monoisotopic (exact) mass is 200 g/mol. The standard InChI is InChI=1S/C10H16O4/c1-6-4-8-7(9(11)13-6)5-10(2,12-3)14-8/h6-8H,4-5H2,1-3H3/t6-,7-,8-,10?/m1/s1. The van der Waals surface area contributed by atoms with E-state index in [-0.39, 0.29) is 24.1 Å². The van der Waals surface area contributed by atoms with Gasteiger partial charge in [-0.1, -0.05) is 0 Å². The fourth-order valence-corrected chi connectivity index (χ4v) is 2.22. The Labute approximate surface area is 83.5 Å². The number of cyclic esters (lactones) is 1. The largest absolute Gasteiger partial charge is 0.462 e. The number of methoxy groups -OCH3 is 1. The molecule has 0 spiro atoms. The van der Waals surface area contributed by atoms with E-state index in [1.54, 1.807) is 7.11 Å². The molecule has 4 atom stereocenters. The molecule has 2 aliphatic heterocycles. The quantitative estimate of drug-likeness (QED) is 0.594. The van der Waals surface area contributed by atoms with Gasteiger partial charge in [0, 0.05) is 20.0 Å². The minimum absolute atomic E-state index is 0.0313. The topological polar surface area (TPSA) is 44.8 Å². The highest BCUT2D eigenvalue weighted by Gasteiger charge is 2.50. The summed E-state index contributed by atoms with van der Waals surface area (Å²) in [6.07, 6.45) is 1.30. The first-order valence-corrected chi connectivity index (χ1v) is 4.97. The lowest BCUT2D eigenvalue weighted by molar-refractivity contribution is -0.206. The third-order valence-corrected chi connectivity index (χ3v) is 3.06. The Kier molecular flexibility index (Phi) is 2.27. The van der Waals surface area contributed by atoms with Crippen LogP contribution in [0.2, 0.25) is 0 Å². The number of hydrogen-bond donors (Lipinski definition) is 0. The van der Waals surface area contributed by atoms with E-state index in [4.69, 9.17) is 14.2 Å². The molecule has 0 bridgehead atoms. The van der Waals surface area contributed by atoms with E-state index in [2.05, 4.69) is 0 Å². The fraction of sp³-hybridized carbons (Fsp3) is 0.900. The average Bonchev–Trinajstić information content (AvgIpc) is 2.43. The van der Waals surface area contributed by atoms with Crippen molar-refractivity contribution in [2.24, 2.45) is 5.92 Å². The molecule has 80 valence electrons. The van der Waals surface area contributed by atoms with Gasteiger partial charge in [-0.3, -0.25) is 4.79 Å². The molecule has 0 aromatic heterocycles. The summed E-state index contributed by atoms with van der Waals surface area (Å²) >= 11 is 0. The molecule has 0 aromatic carbocycles. The number of esters is 1. The Balaban J connectivity index is 2.13. The van der Waals surface area contributed by atoms with Crippen LogP contribution in [0.15, 0.2) is 0 Å². The zero-order chi connectivity index (χ0) is 10.3. The van der Waals surface area contributed by atoms with E-state index in [1.165, 1.54) is 0 Å². The average molecular weight is 200 g/mol. The fourth-order valence-electron chi connectivity index (χ4n) is 2.22. The summed E-state index contributed by atoms with van der Waals surface area (Å²) in [7, 11) is 1.60. The maximum absolute atomic E-state index is 11.5. The molecule has 0 aromatic rings. The molecular weight excluding hydrogens is 184 g/mol. The lowest BCUT2D eigenvalue weighted by Crippen LogP contribution is -2.37. The highest BCUT2D eigenvalue weighted by molar-refractivity contribution is 5.74. The van der Waals surface area contributed by atoms with Crippen molar-refractivity contribution >= 4 is 5.97 Å². The van der Waals surface area contributed by atoms with Crippen molar-refractivity contribution in [3.05, 3.63) is 0 Å². The minimum atomic E-state index is -0.613. The second-order valence-corrected chi connectivity index (χ2v) is 4.29. The first kappa shape index (κ1) is 9.93. The summed E-state index contributed by atoms with van der Waals surface area (Å²) in [5.41, 5.74) is 0. The lowest BCUT2D eigenvalue weighted by Gasteiger charge is -2.28. The van der Waals surface area contributed by atoms with Crippen LogP contribution in [-0.4, -0.2) is 31.1 Å². The Morgan fingerprint density at radius 1 is 1.57 bits per heavy atom. The third-order valence-electron chi connectivity index (χ3n) is 3.06. The van der Waals surface area contributed by atoms with Crippen molar-refractivity contribution in [2.75, 3.05) is 7.11 Å². The second-order valence-electron chi connectivity index (χ2n) is 4.29. The molecule has 0 aliphatic carbocycles. The number of rotatable bonds is 1. The molecule has 0 radical (unpaired) electrons. The van der Waals surface area contributed by atoms with E-state index in [0.29, 0.717) is 6.42 Å². The van der Waals surface area contributed by atoms with Gasteiger partial charge in [-0.05, 0) is 13.8 Å². The first-order valence-electron chi connectivity index (χ1n) is 4.97. The van der Waals surface area contributed by atoms with Crippen LogP contribution in [0.3, 0.4) is 0 Å². The molecule has 14 heavy (non-hydrogen) atoms. The first-order chi connectivity index (χ1) is 6.54. The number of carbonyl (C=O) groups is 1. The number of ether oxygens (including phenoxy) is 3. The van der Waals surface area contributed by atoms with Crippen LogP contribution in [0.1, 0.15) is 26.7 Å². The van der Waals surface area contributed by atoms with Gasteiger partial charge in [0.05, 0.1) is 12.0 Å². The van der Waals surface area contributed by atoms with E-state index in [0.717, 1.165) is 6.42 Å². The van der Waals surface area contributed by atoms with Gasteiger partial charge in [-0.15, -0.1) is 0 Å². The molecular formula is C10H16O4. The molecule has 2 rings (SSSR count). The third kappa shape index (κ3) is 1.53. The van der Waals surface area contributed by atoms with E-state index in [1.807, 2.05) is 13.8 Å². The van der Waals surface area contributed by atoms with Crippen molar-refractivity contribution in [1.82, 2.24) is 0 Å². The maximum Gasteiger partial charge on any atom is 0.312 e. The Morgan fingerprint density at radius 3 is 2.93 bits per heavy atom. The molecule has 2 saturated heterocycles. The normalized spacial score (nSPS) is 47.4. The molecule has 0 saturated carbocycles. The molecule has 0 amide bonds. The summed E-state index contributed by atoms with van der Waals surface area (Å²) in [6.45, 7) is 3.75. The second kappa shape index (κ2) is 3.21. The van der Waals surface area contributed by atoms with Crippen LogP contribution in [0, 0.1) is 5.92 Å². The number of carbonyl (C=O) groups excluding carboxylic acids is 1. The minimum Gasteiger partial charge on any atom is -0.462 e. The lowest BCUT2D eigenvalue weighted by atomic mass is 9.92. The van der Waals surface area contributed by atoms with E-state index in [9.17, 15) is 4.79 Å². The van der Waals surface area contributed by atoms with Crippen molar-refractivity contribution in [3.63, 3.8) is 0 Å². The van der Waals surface area contributed by atoms with Crippen LogP contribution < -0.4 is 0 Å². The van der Waals surface area contributed by atoms with Gasteiger partial charge in [-0.2, -0.15) is 0 Å². The number of hydrogen-bond acceptors (Lipinski definition) is 4. The summed E-state index contributed by atoms with van der Waals surface area (Å²) in [5, 5.41) is 0. The van der Waals surface area contributed by atoms with Crippen LogP contribution in [0.4, 0.5) is 0 Å². The predicted octanol–water partition coefficient (Wildman–Crippen LogP) is 1.09. The van der Waals surface area contributed by atoms with Gasteiger partial charge < -0.3 is 14.2 Å². The Bertz CT molecular complexity index is 253. The van der Waals surface area contributed by atoms with E-state index < -0.39 is 5.79 Å². The summed E-state index contributed by atoms with van der Waals surface area (Å²) in [4.78, 5) is 11.5. The van der Waals surface area contributed by atoms with Gasteiger partial charge in [0.15, 0.2) is 5.79 Å². The molecule has 2 aliphatic rings. The molecule has 2 heterocycles. The van der Waals surface area contributed by atoms with Crippen molar-refractivity contribution in [2.45, 2.75) is 44.7 Å². The predicted molar refractivity (Wildman–Crippen MR) is 48.6 cm³/mol. The van der Waals surface area contributed by atoms with Crippen LogP contribution in [0.25, 0.3) is 0 Å². The molecule has 1 unspecified atom stereocenters. The van der Waals surface area contributed by atoms with Gasteiger partial charge in [0.2, 0.25) is 0 Å². The Hall–Kier alpha value is -0.610.